The molecule has 35 heavy (non-hydrogen) atoms. The number of benzene rings is 2. The van der Waals surface area contributed by atoms with Crippen molar-refractivity contribution in [3.63, 3.8) is 0 Å². The molecule has 0 N–H and O–H groups in total. The topological polar surface area (TPSA) is 75.5 Å². The molecule has 188 valence electrons. The van der Waals surface area contributed by atoms with Crippen LogP contribution in [0, 0.1) is 12.8 Å². The highest BCUT2D eigenvalue weighted by molar-refractivity contribution is 7.90. The largest absolute Gasteiger partial charge is 0.331 e. The second-order valence-corrected chi connectivity index (χ2v) is 11.5. The molecule has 0 aliphatic carbocycles. The number of aryl methyl sites for hydroxylation is 1. The highest BCUT2D eigenvalue weighted by atomic mass is 32.2. The molecule has 0 fully saturated rings. The number of imidazole rings is 1. The normalized spacial score (nSPS) is 11.9. The zero-order chi connectivity index (χ0) is 25.6. The minimum absolute atomic E-state index is 0.0594. The van der Waals surface area contributed by atoms with Gasteiger partial charge in [0.05, 0.1) is 24.2 Å². The number of sulfone groups is 1. The standard InChI is InChI=1S/C27H36N4O3S/c1-21(2)18-31-25(17-28-27(31)35(33,34)20-24-14-10-9-11-22(24)3)19-30(16-15-29(4)5)26(32)23-12-7-6-8-13-23/h6-14,17,21H,15-16,18-20H2,1-5H3. The molecular formula is C27H36N4O3S. The van der Waals surface area contributed by atoms with Gasteiger partial charge in [0.1, 0.15) is 0 Å². The lowest BCUT2D eigenvalue weighted by atomic mass is 10.1. The summed E-state index contributed by atoms with van der Waals surface area (Å²) in [5, 5.41) is 0.0594. The van der Waals surface area contributed by atoms with Crippen molar-refractivity contribution in [2.24, 2.45) is 5.92 Å². The third-order valence-corrected chi connectivity index (χ3v) is 7.39. The number of rotatable bonds is 11. The summed E-state index contributed by atoms with van der Waals surface area (Å²) >= 11 is 0. The molecule has 7 nitrogen and oxygen atoms in total. The van der Waals surface area contributed by atoms with E-state index in [2.05, 4.69) is 4.98 Å². The number of amides is 1. The predicted octanol–water partition coefficient (Wildman–Crippen LogP) is 4.03. The Hall–Kier alpha value is -2.97. The first-order valence-electron chi connectivity index (χ1n) is 11.9. The van der Waals surface area contributed by atoms with Crippen LogP contribution >= 0.6 is 0 Å². The van der Waals surface area contributed by atoms with Crippen LogP contribution in [0.3, 0.4) is 0 Å². The van der Waals surface area contributed by atoms with Crippen LogP contribution in [-0.2, 0) is 28.7 Å². The fourth-order valence-electron chi connectivity index (χ4n) is 3.90. The van der Waals surface area contributed by atoms with Gasteiger partial charge in [-0.1, -0.05) is 56.3 Å². The van der Waals surface area contributed by atoms with E-state index in [4.69, 9.17) is 0 Å². The molecule has 0 bridgehead atoms. The second kappa shape index (κ2) is 11.6. The molecular weight excluding hydrogens is 460 g/mol. The van der Waals surface area contributed by atoms with E-state index in [1.165, 1.54) is 0 Å². The third kappa shape index (κ3) is 7.02. The van der Waals surface area contributed by atoms with Crippen LogP contribution in [0.1, 0.15) is 41.0 Å². The zero-order valence-electron chi connectivity index (χ0n) is 21.3. The van der Waals surface area contributed by atoms with E-state index in [9.17, 15) is 13.2 Å². The maximum Gasteiger partial charge on any atom is 0.254 e. The summed E-state index contributed by atoms with van der Waals surface area (Å²) in [7, 11) is 0.240. The molecule has 0 aliphatic rings. The highest BCUT2D eigenvalue weighted by Crippen LogP contribution is 2.22. The summed E-state index contributed by atoms with van der Waals surface area (Å²) in [5.74, 6) is 0.00564. The molecule has 0 saturated heterocycles. The number of hydrogen-bond donors (Lipinski definition) is 0. The SMILES string of the molecule is Cc1ccccc1CS(=O)(=O)c1ncc(CN(CCN(C)C)C(=O)c2ccccc2)n1CC(C)C. The number of carbonyl (C=O) groups is 1. The Kier molecular flexibility index (Phi) is 8.86. The summed E-state index contributed by atoms with van der Waals surface area (Å²) in [6.07, 6.45) is 1.61. The van der Waals surface area contributed by atoms with Gasteiger partial charge in [-0.15, -0.1) is 0 Å². The minimum Gasteiger partial charge on any atom is -0.331 e. The molecule has 0 unspecified atom stereocenters. The summed E-state index contributed by atoms with van der Waals surface area (Å²) in [5.41, 5.74) is 3.01. The fraction of sp³-hybridized carbons (Fsp3) is 0.407. The molecule has 3 rings (SSSR count). The Morgan fingerprint density at radius 2 is 1.66 bits per heavy atom. The molecule has 2 aromatic carbocycles. The van der Waals surface area contributed by atoms with Crippen LogP contribution in [0.4, 0.5) is 0 Å². The lowest BCUT2D eigenvalue weighted by molar-refractivity contribution is 0.0727. The molecule has 1 heterocycles. The van der Waals surface area contributed by atoms with Gasteiger partial charge in [-0.05, 0) is 50.2 Å². The van der Waals surface area contributed by atoms with Crippen molar-refractivity contribution in [2.75, 3.05) is 27.2 Å². The van der Waals surface area contributed by atoms with Gasteiger partial charge >= 0.3 is 0 Å². The van der Waals surface area contributed by atoms with Crippen molar-refractivity contribution in [1.29, 1.82) is 0 Å². The van der Waals surface area contributed by atoms with Crippen molar-refractivity contribution < 1.29 is 13.2 Å². The molecule has 0 atom stereocenters. The molecule has 0 saturated carbocycles. The van der Waals surface area contributed by atoms with Gasteiger partial charge in [-0.2, -0.15) is 0 Å². The summed E-state index contributed by atoms with van der Waals surface area (Å²) in [4.78, 5) is 21.5. The zero-order valence-corrected chi connectivity index (χ0v) is 22.1. The smallest absolute Gasteiger partial charge is 0.254 e. The number of carbonyl (C=O) groups excluding carboxylic acids is 1. The van der Waals surface area contributed by atoms with Crippen molar-refractivity contribution >= 4 is 15.7 Å². The Morgan fingerprint density at radius 3 is 2.29 bits per heavy atom. The Balaban J connectivity index is 1.96. The lowest BCUT2D eigenvalue weighted by Gasteiger charge is -2.25. The molecule has 1 aromatic heterocycles. The quantitative estimate of drug-likeness (QED) is 0.401. The first-order chi connectivity index (χ1) is 16.6. The Labute approximate surface area is 209 Å². The van der Waals surface area contributed by atoms with Gasteiger partial charge < -0.3 is 14.4 Å². The number of likely N-dealkylation sites (N-methyl/N-ethyl adjacent to an activating group) is 1. The number of nitrogens with zero attached hydrogens (tertiary/aromatic N) is 4. The molecule has 3 aromatic rings. The number of aromatic nitrogens is 2. The van der Waals surface area contributed by atoms with Crippen LogP contribution in [-0.4, -0.2) is 60.9 Å². The second-order valence-electron chi connectivity index (χ2n) is 9.62. The lowest BCUT2D eigenvalue weighted by Crippen LogP contribution is -2.37. The average molecular weight is 497 g/mol. The van der Waals surface area contributed by atoms with E-state index in [0.29, 0.717) is 30.9 Å². The monoisotopic (exact) mass is 496 g/mol. The van der Waals surface area contributed by atoms with Crippen molar-refractivity contribution in [3.8, 4) is 0 Å². The third-order valence-electron chi connectivity index (χ3n) is 5.81. The molecule has 0 radical (unpaired) electrons. The summed E-state index contributed by atoms with van der Waals surface area (Å²) < 4.78 is 28.7. The molecule has 0 spiro atoms. The van der Waals surface area contributed by atoms with Gasteiger partial charge in [0.25, 0.3) is 5.91 Å². The van der Waals surface area contributed by atoms with Crippen molar-refractivity contribution in [1.82, 2.24) is 19.4 Å². The van der Waals surface area contributed by atoms with E-state index >= 15 is 0 Å². The van der Waals surface area contributed by atoms with Gasteiger partial charge in [0.15, 0.2) is 0 Å². The first-order valence-corrected chi connectivity index (χ1v) is 13.5. The van der Waals surface area contributed by atoms with Crippen molar-refractivity contribution in [2.45, 2.75) is 44.8 Å². The summed E-state index contributed by atoms with van der Waals surface area (Å²) in [6, 6.07) is 16.7. The maximum absolute atomic E-state index is 13.5. The van der Waals surface area contributed by atoms with E-state index < -0.39 is 9.84 Å². The highest BCUT2D eigenvalue weighted by Gasteiger charge is 2.26. The summed E-state index contributed by atoms with van der Waals surface area (Å²) in [6.45, 7) is 7.98. The minimum atomic E-state index is -3.69. The molecule has 8 heteroatoms. The van der Waals surface area contributed by atoms with E-state index in [-0.39, 0.29) is 29.3 Å². The fourth-order valence-corrected chi connectivity index (χ4v) is 5.50. The van der Waals surface area contributed by atoms with Crippen LogP contribution in [0.25, 0.3) is 0 Å². The van der Waals surface area contributed by atoms with Gasteiger partial charge in [-0.25, -0.2) is 13.4 Å². The number of hydrogen-bond acceptors (Lipinski definition) is 5. The van der Waals surface area contributed by atoms with E-state index in [0.717, 1.165) is 11.1 Å². The predicted molar refractivity (Wildman–Crippen MR) is 139 cm³/mol. The van der Waals surface area contributed by atoms with E-state index in [1.807, 2.05) is 82.2 Å². The van der Waals surface area contributed by atoms with Crippen LogP contribution < -0.4 is 0 Å². The molecule has 1 amide bonds. The van der Waals surface area contributed by atoms with Gasteiger partial charge in [0, 0.05) is 25.2 Å². The van der Waals surface area contributed by atoms with Gasteiger partial charge in [0.2, 0.25) is 15.0 Å². The van der Waals surface area contributed by atoms with Crippen LogP contribution in [0.2, 0.25) is 0 Å². The maximum atomic E-state index is 13.5. The Bertz CT molecular complexity index is 1230. The molecule has 0 aliphatic heterocycles. The first kappa shape index (κ1) is 26.6. The van der Waals surface area contributed by atoms with Crippen LogP contribution in [0.15, 0.2) is 66.0 Å². The van der Waals surface area contributed by atoms with E-state index in [1.54, 1.807) is 27.8 Å². The van der Waals surface area contributed by atoms with Gasteiger partial charge in [-0.3, -0.25) is 4.79 Å². The Morgan fingerprint density at radius 1 is 1.00 bits per heavy atom. The van der Waals surface area contributed by atoms with Crippen LogP contribution in [0.5, 0.6) is 0 Å². The van der Waals surface area contributed by atoms with Crippen molar-refractivity contribution in [3.05, 3.63) is 83.2 Å². The average Bonchev–Trinajstić information content (AvgIpc) is 3.20.